The zero-order chi connectivity index (χ0) is 24.5. The minimum Gasteiger partial charge on any atom is -0.465 e. The number of carbonyl (C=O) groups excluding carboxylic acids is 2. The molecule has 0 aliphatic heterocycles. The first-order valence-corrected chi connectivity index (χ1v) is 11.6. The Morgan fingerprint density at radius 3 is 2.44 bits per heavy atom. The first kappa shape index (κ1) is 25.5. The van der Waals surface area contributed by atoms with Gasteiger partial charge in [0.2, 0.25) is 0 Å². The van der Waals surface area contributed by atoms with E-state index in [1.165, 1.54) is 6.20 Å². The molecule has 0 fully saturated rings. The van der Waals surface area contributed by atoms with E-state index in [1.54, 1.807) is 36.5 Å². The van der Waals surface area contributed by atoms with Gasteiger partial charge in [0, 0.05) is 18.1 Å². The SMILES string of the molecule is CC(COC(=O)Cc1ccccc1Nc1c(Cl)cccc1Cl)CC(C)OC(=O)c1cccnc1. The first-order chi connectivity index (χ1) is 16.3. The standard InChI is InChI=1S/C26H26Cl2N2O4/c1-17(13-18(2)34-26(32)20-8-6-12-29-15-20)16-33-24(31)14-19-7-3-4-11-23(19)30-25-21(27)9-5-10-22(25)28/h3-12,15,17-18,30H,13-14,16H2,1-2H3. The second-order valence-corrected chi connectivity index (χ2v) is 8.85. The largest absolute Gasteiger partial charge is 0.465 e. The molecule has 0 saturated carbocycles. The molecule has 2 unspecified atom stereocenters. The van der Waals surface area contributed by atoms with Crippen LogP contribution in [0, 0.1) is 5.92 Å². The van der Waals surface area contributed by atoms with Gasteiger partial charge in [-0.3, -0.25) is 9.78 Å². The monoisotopic (exact) mass is 500 g/mol. The lowest BCUT2D eigenvalue weighted by Crippen LogP contribution is -2.21. The summed E-state index contributed by atoms with van der Waals surface area (Å²) in [5.41, 5.74) is 2.46. The van der Waals surface area contributed by atoms with E-state index < -0.39 is 5.97 Å². The van der Waals surface area contributed by atoms with Crippen LogP contribution in [0.1, 0.15) is 36.2 Å². The Morgan fingerprint density at radius 1 is 1.00 bits per heavy atom. The van der Waals surface area contributed by atoms with Crippen molar-refractivity contribution in [1.82, 2.24) is 4.98 Å². The van der Waals surface area contributed by atoms with Gasteiger partial charge in [-0.1, -0.05) is 54.4 Å². The topological polar surface area (TPSA) is 77.5 Å². The highest BCUT2D eigenvalue weighted by Crippen LogP contribution is 2.33. The zero-order valence-electron chi connectivity index (χ0n) is 19.0. The minimum absolute atomic E-state index is 0.0101. The van der Waals surface area contributed by atoms with E-state index in [1.807, 2.05) is 38.1 Å². The number of nitrogens with zero attached hydrogens (tertiary/aromatic N) is 1. The van der Waals surface area contributed by atoms with Crippen molar-refractivity contribution in [3.05, 3.63) is 88.2 Å². The van der Waals surface area contributed by atoms with Crippen LogP contribution in [0.2, 0.25) is 10.0 Å². The van der Waals surface area contributed by atoms with Crippen molar-refractivity contribution in [3.8, 4) is 0 Å². The molecule has 1 heterocycles. The van der Waals surface area contributed by atoms with E-state index in [4.69, 9.17) is 32.7 Å². The van der Waals surface area contributed by atoms with Crippen LogP contribution in [0.25, 0.3) is 0 Å². The molecule has 2 atom stereocenters. The lowest BCUT2D eigenvalue weighted by atomic mass is 10.1. The average molecular weight is 501 g/mol. The van der Waals surface area contributed by atoms with Gasteiger partial charge in [0.25, 0.3) is 0 Å². The number of benzene rings is 2. The molecular formula is C26H26Cl2N2O4. The number of rotatable bonds is 10. The predicted molar refractivity (Wildman–Crippen MR) is 134 cm³/mol. The molecule has 0 saturated heterocycles. The highest BCUT2D eigenvalue weighted by Gasteiger charge is 2.17. The van der Waals surface area contributed by atoms with Crippen molar-refractivity contribution in [3.63, 3.8) is 0 Å². The van der Waals surface area contributed by atoms with Crippen molar-refractivity contribution >= 4 is 46.5 Å². The van der Waals surface area contributed by atoms with Crippen LogP contribution in [0.4, 0.5) is 11.4 Å². The van der Waals surface area contributed by atoms with Crippen LogP contribution in [0.3, 0.4) is 0 Å². The quantitative estimate of drug-likeness (QED) is 0.320. The number of anilines is 2. The molecule has 2 aromatic carbocycles. The number of carbonyl (C=O) groups is 2. The van der Waals surface area contributed by atoms with Gasteiger partial charge in [-0.2, -0.15) is 0 Å². The van der Waals surface area contributed by atoms with Gasteiger partial charge >= 0.3 is 11.9 Å². The van der Waals surface area contributed by atoms with Crippen LogP contribution < -0.4 is 5.32 Å². The predicted octanol–water partition coefficient (Wildman–Crippen LogP) is 6.49. The molecule has 6 nitrogen and oxygen atoms in total. The normalized spacial score (nSPS) is 12.5. The molecular weight excluding hydrogens is 475 g/mol. The minimum atomic E-state index is -0.424. The van der Waals surface area contributed by atoms with E-state index >= 15 is 0 Å². The molecule has 34 heavy (non-hydrogen) atoms. The van der Waals surface area contributed by atoms with Crippen LogP contribution in [-0.2, 0) is 20.7 Å². The van der Waals surface area contributed by atoms with Crippen LogP contribution in [0.5, 0.6) is 0 Å². The highest BCUT2D eigenvalue weighted by molar-refractivity contribution is 6.39. The van der Waals surface area contributed by atoms with Crippen LogP contribution in [0.15, 0.2) is 67.0 Å². The number of ether oxygens (including phenoxy) is 2. The van der Waals surface area contributed by atoms with E-state index in [9.17, 15) is 9.59 Å². The number of hydrogen-bond donors (Lipinski definition) is 1. The number of esters is 2. The highest BCUT2D eigenvalue weighted by atomic mass is 35.5. The molecule has 0 amide bonds. The Labute approximate surface area is 209 Å². The number of nitrogens with one attached hydrogen (secondary N) is 1. The van der Waals surface area contributed by atoms with E-state index in [0.717, 1.165) is 11.3 Å². The third-order valence-corrected chi connectivity index (χ3v) is 5.67. The van der Waals surface area contributed by atoms with Gasteiger partial charge in [-0.25, -0.2) is 4.79 Å². The molecule has 8 heteroatoms. The van der Waals surface area contributed by atoms with Crippen LogP contribution in [-0.4, -0.2) is 29.6 Å². The molecule has 0 aliphatic carbocycles. The van der Waals surface area contributed by atoms with Gasteiger partial charge in [-0.15, -0.1) is 0 Å². The molecule has 0 spiro atoms. The van der Waals surface area contributed by atoms with E-state index in [0.29, 0.717) is 27.7 Å². The fourth-order valence-electron chi connectivity index (χ4n) is 3.41. The van der Waals surface area contributed by atoms with Crippen LogP contribution >= 0.6 is 23.2 Å². The molecule has 1 aromatic heterocycles. The number of pyridine rings is 1. The summed E-state index contributed by atoms with van der Waals surface area (Å²) in [6.07, 6.45) is 3.38. The number of halogens is 2. The average Bonchev–Trinajstić information content (AvgIpc) is 2.81. The molecule has 3 rings (SSSR count). The number of hydrogen-bond acceptors (Lipinski definition) is 6. The fraction of sp³-hybridized carbons (Fsp3) is 0.269. The Bertz CT molecular complexity index is 1100. The van der Waals surface area contributed by atoms with Gasteiger partial charge in [-0.05, 0) is 55.2 Å². The van der Waals surface area contributed by atoms with Gasteiger partial charge in [0.05, 0.1) is 40.4 Å². The Hall–Kier alpha value is -3.09. The first-order valence-electron chi connectivity index (χ1n) is 10.9. The summed E-state index contributed by atoms with van der Waals surface area (Å²) in [5.74, 6) is -0.769. The summed E-state index contributed by atoms with van der Waals surface area (Å²) < 4.78 is 10.9. The second-order valence-electron chi connectivity index (χ2n) is 8.04. The fourth-order valence-corrected chi connectivity index (χ4v) is 3.90. The summed E-state index contributed by atoms with van der Waals surface area (Å²) >= 11 is 12.5. The van der Waals surface area contributed by atoms with E-state index in [2.05, 4.69) is 10.3 Å². The lowest BCUT2D eigenvalue weighted by molar-refractivity contribution is -0.144. The summed E-state index contributed by atoms with van der Waals surface area (Å²) in [5, 5.41) is 4.18. The zero-order valence-corrected chi connectivity index (χ0v) is 20.5. The van der Waals surface area contributed by atoms with Gasteiger partial charge in [0.15, 0.2) is 0 Å². The lowest BCUT2D eigenvalue weighted by Gasteiger charge is -2.18. The maximum Gasteiger partial charge on any atom is 0.339 e. The Kier molecular flexibility index (Phi) is 9.31. The molecule has 0 radical (unpaired) electrons. The van der Waals surface area contributed by atoms with Crippen molar-refractivity contribution in [2.24, 2.45) is 5.92 Å². The molecule has 1 N–H and O–H groups in total. The summed E-state index contributed by atoms with van der Waals surface area (Å²) in [4.78, 5) is 28.6. The molecule has 178 valence electrons. The van der Waals surface area contributed by atoms with Crippen molar-refractivity contribution in [2.45, 2.75) is 32.8 Å². The van der Waals surface area contributed by atoms with E-state index in [-0.39, 0.29) is 31.0 Å². The van der Waals surface area contributed by atoms with Gasteiger partial charge < -0.3 is 14.8 Å². The summed E-state index contributed by atoms with van der Waals surface area (Å²) in [6, 6.07) is 16.0. The Morgan fingerprint density at radius 2 is 1.74 bits per heavy atom. The maximum atomic E-state index is 12.5. The number of aromatic nitrogens is 1. The summed E-state index contributed by atoms with van der Waals surface area (Å²) in [7, 11) is 0. The van der Waals surface area contributed by atoms with Crippen molar-refractivity contribution in [1.29, 1.82) is 0 Å². The smallest absolute Gasteiger partial charge is 0.339 e. The molecule has 0 bridgehead atoms. The van der Waals surface area contributed by atoms with Gasteiger partial charge in [0.1, 0.15) is 0 Å². The third kappa shape index (κ3) is 7.47. The summed E-state index contributed by atoms with van der Waals surface area (Å²) in [6.45, 7) is 3.98. The van der Waals surface area contributed by atoms with Crippen molar-refractivity contribution in [2.75, 3.05) is 11.9 Å². The third-order valence-electron chi connectivity index (χ3n) is 5.04. The maximum absolute atomic E-state index is 12.5. The molecule has 0 aliphatic rings. The van der Waals surface area contributed by atoms with Crippen molar-refractivity contribution < 1.29 is 19.1 Å². The number of para-hydroxylation sites is 2. The molecule has 3 aromatic rings. The second kappa shape index (κ2) is 12.4. The Balaban J connectivity index is 1.50.